The van der Waals surface area contributed by atoms with Crippen molar-refractivity contribution in [1.29, 1.82) is 0 Å². The van der Waals surface area contributed by atoms with E-state index >= 15 is 0 Å². The van der Waals surface area contributed by atoms with Crippen LogP contribution in [0.1, 0.15) is 12.1 Å². The maximum atomic E-state index is 13.1. The van der Waals surface area contributed by atoms with Gasteiger partial charge in [-0.1, -0.05) is 11.6 Å². The Bertz CT molecular complexity index is 1000. The number of aromatic nitrogens is 4. The first kappa shape index (κ1) is 17.5. The monoisotopic (exact) mass is 396 g/mol. The molecule has 0 spiro atoms. The van der Waals surface area contributed by atoms with E-state index in [9.17, 15) is 18.0 Å². The smallest absolute Gasteiger partial charge is 0.358 e. The van der Waals surface area contributed by atoms with Gasteiger partial charge in [-0.3, -0.25) is 4.79 Å². The van der Waals surface area contributed by atoms with Gasteiger partial charge in [-0.25, -0.2) is 4.98 Å². The molecule has 1 aliphatic rings. The van der Waals surface area contributed by atoms with Gasteiger partial charge in [0, 0.05) is 23.3 Å². The standard InChI is InChI=1S/C16H12ClF3N6O/c17-9-1-3-10(4-2-9)25-6-5-11(14(25)27)23-13-7-12(16(18,19)20)24-15-21-8-22-26(13)15/h1-4,7-8,11,23H,5-6H2. The molecule has 1 aromatic carbocycles. The van der Waals surface area contributed by atoms with Crippen molar-refractivity contribution < 1.29 is 18.0 Å². The van der Waals surface area contributed by atoms with Crippen LogP contribution in [-0.4, -0.2) is 38.1 Å². The molecular formula is C16H12ClF3N6O. The highest BCUT2D eigenvalue weighted by atomic mass is 35.5. The lowest BCUT2D eigenvalue weighted by Gasteiger charge is -2.18. The van der Waals surface area contributed by atoms with Crippen LogP contribution in [0.3, 0.4) is 0 Å². The maximum absolute atomic E-state index is 13.1. The summed E-state index contributed by atoms with van der Waals surface area (Å²) < 4.78 is 40.4. The van der Waals surface area contributed by atoms with Crippen molar-refractivity contribution in [3.05, 3.63) is 47.4 Å². The summed E-state index contributed by atoms with van der Waals surface area (Å²) in [6, 6.07) is 6.89. The van der Waals surface area contributed by atoms with E-state index in [0.29, 0.717) is 23.7 Å². The largest absolute Gasteiger partial charge is 0.433 e. The second-order valence-electron chi connectivity index (χ2n) is 5.95. The molecule has 7 nitrogen and oxygen atoms in total. The van der Waals surface area contributed by atoms with Gasteiger partial charge in [0.05, 0.1) is 0 Å². The summed E-state index contributed by atoms with van der Waals surface area (Å²) >= 11 is 5.86. The molecule has 1 amide bonds. The van der Waals surface area contributed by atoms with Crippen molar-refractivity contribution in [2.45, 2.75) is 18.6 Å². The van der Waals surface area contributed by atoms with Gasteiger partial charge >= 0.3 is 6.18 Å². The quantitative estimate of drug-likeness (QED) is 0.736. The molecule has 140 valence electrons. The lowest BCUT2D eigenvalue weighted by molar-refractivity contribution is -0.141. The molecule has 0 saturated carbocycles. The molecule has 1 unspecified atom stereocenters. The minimum Gasteiger partial charge on any atom is -0.358 e. The van der Waals surface area contributed by atoms with Gasteiger partial charge < -0.3 is 10.2 Å². The van der Waals surface area contributed by atoms with E-state index in [0.717, 1.165) is 16.9 Å². The van der Waals surface area contributed by atoms with Gasteiger partial charge in [0.25, 0.3) is 5.78 Å². The summed E-state index contributed by atoms with van der Waals surface area (Å²) in [7, 11) is 0. The average Bonchev–Trinajstić information content (AvgIpc) is 3.22. The van der Waals surface area contributed by atoms with Crippen molar-refractivity contribution in [1.82, 2.24) is 19.6 Å². The number of benzene rings is 1. The zero-order valence-electron chi connectivity index (χ0n) is 13.6. The number of fused-ring (bicyclic) bond motifs is 1. The number of hydrogen-bond donors (Lipinski definition) is 1. The second kappa shape index (κ2) is 6.38. The number of carbonyl (C=O) groups is 1. The first-order valence-corrected chi connectivity index (χ1v) is 8.32. The minimum atomic E-state index is -4.64. The van der Waals surface area contributed by atoms with E-state index in [1.165, 1.54) is 0 Å². The minimum absolute atomic E-state index is 0.00105. The lowest BCUT2D eigenvalue weighted by Crippen LogP contribution is -2.34. The molecular weight excluding hydrogens is 385 g/mol. The summed E-state index contributed by atoms with van der Waals surface area (Å²) in [5.74, 6) is -0.454. The van der Waals surface area contributed by atoms with Gasteiger partial charge in [0.1, 0.15) is 18.2 Å². The number of anilines is 2. The van der Waals surface area contributed by atoms with Crippen LogP contribution in [0.25, 0.3) is 5.78 Å². The third kappa shape index (κ3) is 3.27. The normalized spacial score (nSPS) is 17.7. The Morgan fingerprint density at radius 2 is 1.96 bits per heavy atom. The number of hydrogen-bond acceptors (Lipinski definition) is 5. The molecule has 3 heterocycles. The van der Waals surface area contributed by atoms with Crippen LogP contribution in [0.4, 0.5) is 24.7 Å². The van der Waals surface area contributed by atoms with E-state index in [1.54, 1.807) is 29.2 Å². The maximum Gasteiger partial charge on any atom is 0.433 e. The molecule has 27 heavy (non-hydrogen) atoms. The zero-order chi connectivity index (χ0) is 19.2. The number of nitrogens with zero attached hydrogens (tertiary/aromatic N) is 5. The zero-order valence-corrected chi connectivity index (χ0v) is 14.4. The van der Waals surface area contributed by atoms with E-state index in [4.69, 9.17) is 11.6 Å². The molecule has 1 saturated heterocycles. The lowest BCUT2D eigenvalue weighted by atomic mass is 10.2. The van der Waals surface area contributed by atoms with Gasteiger partial charge in [0.15, 0.2) is 5.69 Å². The Balaban J connectivity index is 1.62. The molecule has 0 aliphatic carbocycles. The van der Waals surface area contributed by atoms with E-state index < -0.39 is 17.9 Å². The molecule has 1 N–H and O–H groups in total. The number of rotatable bonds is 3. The van der Waals surface area contributed by atoms with Crippen LogP contribution in [0, 0.1) is 0 Å². The summed E-state index contributed by atoms with van der Waals surface area (Å²) in [5.41, 5.74) is -0.434. The molecule has 4 rings (SSSR count). The van der Waals surface area contributed by atoms with Crippen LogP contribution < -0.4 is 10.2 Å². The Morgan fingerprint density at radius 3 is 2.67 bits per heavy atom. The van der Waals surface area contributed by atoms with Gasteiger partial charge in [-0.2, -0.15) is 27.8 Å². The van der Waals surface area contributed by atoms with Crippen LogP contribution in [-0.2, 0) is 11.0 Å². The molecule has 1 aliphatic heterocycles. The number of halogens is 4. The molecule has 11 heteroatoms. The summed E-state index contributed by atoms with van der Waals surface area (Å²) in [4.78, 5) is 21.4. The third-order valence-electron chi connectivity index (χ3n) is 4.21. The van der Waals surface area contributed by atoms with Crippen LogP contribution in [0.15, 0.2) is 36.7 Å². The highest BCUT2D eigenvalue weighted by Crippen LogP contribution is 2.30. The first-order valence-electron chi connectivity index (χ1n) is 7.94. The van der Waals surface area contributed by atoms with Crippen LogP contribution in [0.2, 0.25) is 5.02 Å². The van der Waals surface area contributed by atoms with Gasteiger partial charge in [-0.15, -0.1) is 0 Å². The van der Waals surface area contributed by atoms with Crippen LogP contribution >= 0.6 is 11.6 Å². The fourth-order valence-electron chi connectivity index (χ4n) is 2.93. The third-order valence-corrected chi connectivity index (χ3v) is 4.46. The summed E-state index contributed by atoms with van der Waals surface area (Å²) in [6.45, 7) is 0.426. The van der Waals surface area contributed by atoms with E-state index in [1.807, 2.05) is 0 Å². The van der Waals surface area contributed by atoms with Gasteiger partial charge in [0.2, 0.25) is 5.91 Å². The van der Waals surface area contributed by atoms with Crippen molar-refractivity contribution in [2.24, 2.45) is 0 Å². The summed E-state index contributed by atoms with van der Waals surface area (Å²) in [5, 5.41) is 7.26. The number of amides is 1. The van der Waals surface area contributed by atoms with Crippen LogP contribution in [0.5, 0.6) is 0 Å². The molecule has 3 aromatic rings. The topological polar surface area (TPSA) is 75.4 Å². The van der Waals surface area contributed by atoms with Crippen molar-refractivity contribution >= 4 is 34.8 Å². The Morgan fingerprint density at radius 1 is 1.22 bits per heavy atom. The predicted octanol–water partition coefficient (Wildman–Crippen LogP) is 3.01. The predicted molar refractivity (Wildman–Crippen MR) is 91.6 cm³/mol. The highest BCUT2D eigenvalue weighted by Gasteiger charge is 2.36. The van der Waals surface area contributed by atoms with Crippen molar-refractivity contribution in [3.8, 4) is 0 Å². The second-order valence-corrected chi connectivity index (χ2v) is 6.38. The number of alkyl halides is 3. The Hall–Kier alpha value is -2.88. The van der Waals surface area contributed by atoms with Crippen molar-refractivity contribution in [2.75, 3.05) is 16.8 Å². The van der Waals surface area contributed by atoms with E-state index in [-0.39, 0.29) is 17.5 Å². The summed E-state index contributed by atoms with van der Waals surface area (Å²) in [6.07, 6.45) is -3.12. The van der Waals surface area contributed by atoms with Gasteiger partial charge in [-0.05, 0) is 30.7 Å². The molecule has 0 bridgehead atoms. The van der Waals surface area contributed by atoms with E-state index in [2.05, 4.69) is 20.4 Å². The number of carbonyl (C=O) groups excluding carboxylic acids is 1. The molecule has 2 aromatic heterocycles. The Labute approximate surface area is 155 Å². The SMILES string of the molecule is O=C1C(Nc2cc(C(F)(F)F)nc3ncnn23)CCN1c1ccc(Cl)cc1. The van der Waals surface area contributed by atoms with Crippen molar-refractivity contribution in [3.63, 3.8) is 0 Å². The average molecular weight is 397 g/mol. The molecule has 1 fully saturated rings. The first-order chi connectivity index (χ1) is 12.8. The Kier molecular flexibility index (Phi) is 4.14. The number of nitrogens with one attached hydrogen (secondary N) is 1. The highest BCUT2D eigenvalue weighted by molar-refractivity contribution is 6.30. The fraction of sp³-hybridized carbons (Fsp3) is 0.250. The molecule has 0 radical (unpaired) electrons. The molecule has 1 atom stereocenters. The fourth-order valence-corrected chi connectivity index (χ4v) is 3.06.